The molecule has 0 atom stereocenters. The summed E-state index contributed by atoms with van der Waals surface area (Å²) in [6.45, 7) is 4.57. The van der Waals surface area contributed by atoms with Crippen molar-refractivity contribution >= 4 is 0 Å². The van der Waals surface area contributed by atoms with E-state index in [0.29, 0.717) is 0 Å². The molecule has 0 fully saturated rings. The number of unbranched alkanes of at least 4 members (excludes halogenated alkanes) is 10. The van der Waals surface area contributed by atoms with E-state index < -0.39 is 0 Å². The molecule has 0 aliphatic rings. The van der Waals surface area contributed by atoms with Crippen molar-refractivity contribution in [2.24, 2.45) is 0 Å². The monoisotopic (exact) mass is 406 g/mol. The Labute approximate surface area is 187 Å². The number of aryl methyl sites for hydroxylation is 4. The van der Waals surface area contributed by atoms with Crippen molar-refractivity contribution in [3.63, 3.8) is 0 Å². The minimum atomic E-state index is 1.15. The standard InChI is InChI=1S/C30H46/c1-3-5-7-9-11-13-15-27-17-21-29(22-18-27)25-26-30-23-19-28(20-24-30)16-14-12-10-8-6-4-2/h17-24H,3-16,25-26H2,1-2H3. The van der Waals surface area contributed by atoms with Crippen molar-refractivity contribution in [1.82, 2.24) is 0 Å². The van der Waals surface area contributed by atoms with E-state index >= 15 is 0 Å². The number of rotatable bonds is 17. The number of hydrogen-bond donors (Lipinski definition) is 0. The van der Waals surface area contributed by atoms with Gasteiger partial charge in [0.15, 0.2) is 0 Å². The summed E-state index contributed by atoms with van der Waals surface area (Å²) in [5, 5.41) is 0. The minimum absolute atomic E-state index is 1.15. The molecule has 2 aromatic rings. The van der Waals surface area contributed by atoms with Gasteiger partial charge in [-0.15, -0.1) is 0 Å². The van der Waals surface area contributed by atoms with Crippen LogP contribution in [0.3, 0.4) is 0 Å². The first-order valence-electron chi connectivity index (χ1n) is 13.0. The van der Waals surface area contributed by atoms with Gasteiger partial charge < -0.3 is 0 Å². The minimum Gasteiger partial charge on any atom is -0.0654 e. The predicted molar refractivity (Wildman–Crippen MR) is 134 cm³/mol. The predicted octanol–water partition coefficient (Wildman–Crippen LogP) is 9.28. The molecule has 30 heavy (non-hydrogen) atoms. The van der Waals surface area contributed by atoms with Crippen LogP contribution >= 0.6 is 0 Å². The Morgan fingerprint density at radius 3 is 0.933 bits per heavy atom. The van der Waals surface area contributed by atoms with E-state index in [-0.39, 0.29) is 0 Å². The van der Waals surface area contributed by atoms with E-state index in [1.807, 2.05) is 0 Å². The maximum absolute atomic E-state index is 2.35. The van der Waals surface area contributed by atoms with E-state index in [2.05, 4.69) is 62.4 Å². The molecule has 0 unspecified atom stereocenters. The zero-order valence-corrected chi connectivity index (χ0v) is 19.9. The van der Waals surface area contributed by atoms with E-state index in [9.17, 15) is 0 Å². The molecule has 0 saturated heterocycles. The lowest BCUT2D eigenvalue weighted by molar-refractivity contribution is 0.607. The van der Waals surface area contributed by atoms with Crippen LogP contribution < -0.4 is 0 Å². The lowest BCUT2D eigenvalue weighted by Gasteiger charge is -2.07. The van der Waals surface area contributed by atoms with Crippen molar-refractivity contribution in [3.8, 4) is 0 Å². The third kappa shape index (κ3) is 11.0. The van der Waals surface area contributed by atoms with Crippen LogP contribution in [0.25, 0.3) is 0 Å². The van der Waals surface area contributed by atoms with Crippen molar-refractivity contribution in [1.29, 1.82) is 0 Å². The molecule has 2 aromatic carbocycles. The normalized spacial score (nSPS) is 11.1. The van der Waals surface area contributed by atoms with Gasteiger partial charge in [-0.25, -0.2) is 0 Å². The summed E-state index contributed by atoms with van der Waals surface area (Å²) < 4.78 is 0. The highest BCUT2D eigenvalue weighted by Crippen LogP contribution is 2.15. The maximum atomic E-state index is 2.35. The third-order valence-electron chi connectivity index (χ3n) is 6.39. The fourth-order valence-corrected chi connectivity index (χ4v) is 4.25. The van der Waals surface area contributed by atoms with Gasteiger partial charge in [-0.1, -0.05) is 127 Å². The molecule has 0 aliphatic carbocycles. The van der Waals surface area contributed by atoms with Crippen molar-refractivity contribution < 1.29 is 0 Å². The van der Waals surface area contributed by atoms with Crippen LogP contribution in [0.5, 0.6) is 0 Å². The largest absolute Gasteiger partial charge is 0.0654 e. The van der Waals surface area contributed by atoms with E-state index in [0.717, 1.165) is 12.8 Å². The third-order valence-corrected chi connectivity index (χ3v) is 6.39. The fourth-order valence-electron chi connectivity index (χ4n) is 4.25. The second-order valence-electron chi connectivity index (χ2n) is 9.17. The van der Waals surface area contributed by atoms with Crippen LogP contribution in [0.15, 0.2) is 48.5 Å². The molecule has 0 aliphatic heterocycles. The first kappa shape index (κ1) is 24.7. The zero-order valence-electron chi connectivity index (χ0n) is 19.9. The summed E-state index contributed by atoms with van der Waals surface area (Å²) in [5.74, 6) is 0. The van der Waals surface area contributed by atoms with Crippen molar-refractivity contribution in [2.75, 3.05) is 0 Å². The highest BCUT2D eigenvalue weighted by atomic mass is 14.1. The van der Waals surface area contributed by atoms with E-state index in [4.69, 9.17) is 0 Å². The quantitative estimate of drug-likeness (QED) is 0.230. The molecular weight excluding hydrogens is 360 g/mol. The number of benzene rings is 2. The van der Waals surface area contributed by atoms with Gasteiger partial charge in [0.2, 0.25) is 0 Å². The van der Waals surface area contributed by atoms with Crippen LogP contribution in [0.2, 0.25) is 0 Å². The van der Waals surface area contributed by atoms with Gasteiger partial charge in [0, 0.05) is 0 Å². The fraction of sp³-hybridized carbons (Fsp3) is 0.600. The van der Waals surface area contributed by atoms with Crippen LogP contribution in [0.1, 0.15) is 113 Å². The second kappa shape index (κ2) is 16.2. The van der Waals surface area contributed by atoms with Gasteiger partial charge in [-0.2, -0.15) is 0 Å². The van der Waals surface area contributed by atoms with Crippen molar-refractivity contribution in [3.05, 3.63) is 70.8 Å². The summed E-state index contributed by atoms with van der Waals surface area (Å²) in [6.07, 6.45) is 21.3. The van der Waals surface area contributed by atoms with Crippen molar-refractivity contribution in [2.45, 2.75) is 117 Å². The molecule has 2 rings (SSSR count). The van der Waals surface area contributed by atoms with Gasteiger partial charge in [0.05, 0.1) is 0 Å². The molecular formula is C30H46. The Hall–Kier alpha value is -1.56. The topological polar surface area (TPSA) is 0 Å². The smallest absolute Gasteiger partial charge is 0.0238 e. The molecule has 0 radical (unpaired) electrons. The molecule has 0 spiro atoms. The van der Waals surface area contributed by atoms with Crippen LogP contribution in [-0.4, -0.2) is 0 Å². The average Bonchev–Trinajstić information content (AvgIpc) is 2.79. The Kier molecular flexibility index (Phi) is 13.3. The summed E-state index contributed by atoms with van der Waals surface area (Å²) >= 11 is 0. The molecule has 0 nitrogen and oxygen atoms in total. The number of hydrogen-bond acceptors (Lipinski definition) is 0. The highest BCUT2D eigenvalue weighted by Gasteiger charge is 2.00. The van der Waals surface area contributed by atoms with Crippen LogP contribution in [-0.2, 0) is 25.7 Å². The van der Waals surface area contributed by atoms with Gasteiger partial charge in [-0.3, -0.25) is 0 Å². The maximum Gasteiger partial charge on any atom is -0.0238 e. The lowest BCUT2D eigenvalue weighted by Crippen LogP contribution is -1.94. The van der Waals surface area contributed by atoms with Gasteiger partial charge in [0.25, 0.3) is 0 Å². The Balaban J connectivity index is 1.61. The average molecular weight is 407 g/mol. The Morgan fingerprint density at radius 2 is 0.600 bits per heavy atom. The van der Waals surface area contributed by atoms with Gasteiger partial charge in [0.1, 0.15) is 0 Å². The molecule has 0 bridgehead atoms. The van der Waals surface area contributed by atoms with E-state index in [1.54, 1.807) is 0 Å². The molecule has 0 heterocycles. The van der Waals surface area contributed by atoms with Crippen LogP contribution in [0.4, 0.5) is 0 Å². The van der Waals surface area contributed by atoms with Gasteiger partial charge in [-0.05, 0) is 60.8 Å². The summed E-state index contributed by atoms with van der Waals surface area (Å²) in [7, 11) is 0. The summed E-state index contributed by atoms with van der Waals surface area (Å²) in [6, 6.07) is 18.8. The zero-order chi connectivity index (χ0) is 21.3. The first-order chi connectivity index (χ1) is 14.8. The molecule has 0 N–H and O–H groups in total. The summed E-state index contributed by atoms with van der Waals surface area (Å²) in [5.41, 5.74) is 5.96. The SMILES string of the molecule is CCCCCCCCc1ccc(CCc2ccc(CCCCCCCC)cc2)cc1. The molecule has 0 saturated carbocycles. The molecule has 166 valence electrons. The molecule has 0 aromatic heterocycles. The Bertz CT molecular complexity index is 575. The van der Waals surface area contributed by atoms with Crippen LogP contribution in [0, 0.1) is 0 Å². The van der Waals surface area contributed by atoms with Gasteiger partial charge >= 0.3 is 0 Å². The Morgan fingerprint density at radius 1 is 0.333 bits per heavy atom. The molecule has 0 heteroatoms. The molecule has 0 amide bonds. The van der Waals surface area contributed by atoms with E-state index in [1.165, 1.54) is 112 Å². The highest BCUT2D eigenvalue weighted by molar-refractivity contribution is 5.26. The first-order valence-corrected chi connectivity index (χ1v) is 13.0. The summed E-state index contributed by atoms with van der Waals surface area (Å²) in [4.78, 5) is 0. The lowest BCUT2D eigenvalue weighted by atomic mass is 9.99. The second-order valence-corrected chi connectivity index (χ2v) is 9.17.